The highest BCUT2D eigenvalue weighted by Gasteiger charge is 2.20. The molecule has 1 amide bonds. The van der Waals surface area contributed by atoms with E-state index in [4.69, 9.17) is 0 Å². The van der Waals surface area contributed by atoms with Crippen LogP contribution in [0, 0.1) is 5.92 Å². The zero-order chi connectivity index (χ0) is 16.8. The van der Waals surface area contributed by atoms with Gasteiger partial charge in [-0.05, 0) is 19.4 Å². The third kappa shape index (κ3) is 5.83. The smallest absolute Gasteiger partial charge is 0.270 e. The van der Waals surface area contributed by atoms with Crippen molar-refractivity contribution in [1.29, 1.82) is 0 Å². The Morgan fingerprint density at radius 3 is 2.79 bits per heavy atom. The molecule has 1 N–H and O–H groups in total. The lowest BCUT2D eigenvalue weighted by Gasteiger charge is -2.31. The van der Waals surface area contributed by atoms with Gasteiger partial charge in [-0.1, -0.05) is 32.1 Å². The summed E-state index contributed by atoms with van der Waals surface area (Å²) in [6, 6.07) is 0. The predicted molar refractivity (Wildman–Crippen MR) is 98.4 cm³/mol. The van der Waals surface area contributed by atoms with Crippen LogP contribution in [0.2, 0.25) is 0 Å². The van der Waals surface area contributed by atoms with Crippen molar-refractivity contribution in [2.75, 3.05) is 39.8 Å². The maximum absolute atomic E-state index is 12.2. The van der Waals surface area contributed by atoms with E-state index in [1.807, 2.05) is 5.38 Å². The molecule has 2 aliphatic rings. The number of thiazole rings is 1. The van der Waals surface area contributed by atoms with Gasteiger partial charge in [0.25, 0.3) is 5.91 Å². The fourth-order valence-electron chi connectivity index (χ4n) is 3.12. The molecule has 1 saturated carbocycles. The van der Waals surface area contributed by atoms with Crippen LogP contribution in [0.4, 0.5) is 0 Å². The van der Waals surface area contributed by atoms with E-state index in [0.29, 0.717) is 5.69 Å². The van der Waals surface area contributed by atoms with Gasteiger partial charge >= 0.3 is 0 Å². The van der Waals surface area contributed by atoms with Gasteiger partial charge in [0.1, 0.15) is 10.7 Å². The Bertz CT molecular complexity index is 521. The summed E-state index contributed by atoms with van der Waals surface area (Å²) in [5.41, 5.74) is 0.585. The highest BCUT2D eigenvalue weighted by atomic mass is 32.1. The van der Waals surface area contributed by atoms with Gasteiger partial charge in [-0.3, -0.25) is 9.69 Å². The van der Waals surface area contributed by atoms with Crippen molar-refractivity contribution in [3.8, 4) is 0 Å². The number of nitrogens with one attached hydrogen (secondary N) is 1. The summed E-state index contributed by atoms with van der Waals surface area (Å²) >= 11 is 1.60. The minimum atomic E-state index is -0.0157. The molecule has 0 bridgehead atoms. The van der Waals surface area contributed by atoms with Crippen LogP contribution in [-0.2, 0) is 6.54 Å². The molecule has 0 spiro atoms. The molecule has 0 atom stereocenters. The van der Waals surface area contributed by atoms with Crippen molar-refractivity contribution in [2.45, 2.75) is 45.1 Å². The molecular weight excluding hydrogens is 320 g/mol. The average molecular weight is 351 g/mol. The predicted octanol–water partition coefficient (Wildman–Crippen LogP) is 2.59. The molecule has 5 nitrogen and oxygen atoms in total. The van der Waals surface area contributed by atoms with Gasteiger partial charge in [-0.2, -0.15) is 0 Å². The van der Waals surface area contributed by atoms with Crippen molar-refractivity contribution in [1.82, 2.24) is 20.1 Å². The van der Waals surface area contributed by atoms with Crippen LogP contribution in [0.1, 0.15) is 54.0 Å². The Balaban J connectivity index is 1.32. The fourth-order valence-corrected chi connectivity index (χ4v) is 3.93. The number of rotatable bonds is 9. The van der Waals surface area contributed by atoms with E-state index in [0.717, 1.165) is 56.6 Å². The standard InChI is InChI=1S/C18H30N4OS/c1-21-9-11-22(12-10-21)13-17-20-16(14-24-17)18(23)19-8-4-2-3-5-15-6-7-15/h14-15H,2-13H2,1H3,(H,19,23). The van der Waals surface area contributed by atoms with Gasteiger partial charge in [-0.15, -0.1) is 11.3 Å². The van der Waals surface area contributed by atoms with Crippen LogP contribution in [0.15, 0.2) is 5.38 Å². The number of hydrogen-bond donors (Lipinski definition) is 1. The molecule has 0 aromatic carbocycles. The van der Waals surface area contributed by atoms with Crippen molar-refractivity contribution in [3.63, 3.8) is 0 Å². The number of aromatic nitrogens is 1. The summed E-state index contributed by atoms with van der Waals surface area (Å²) in [6.07, 6.45) is 7.88. The van der Waals surface area contributed by atoms with E-state index in [2.05, 4.69) is 27.1 Å². The molecule has 1 aromatic heterocycles. The third-order valence-electron chi connectivity index (χ3n) is 5.01. The van der Waals surface area contributed by atoms with Gasteiger partial charge in [0, 0.05) is 38.1 Å². The van der Waals surface area contributed by atoms with E-state index >= 15 is 0 Å². The first-order valence-electron chi connectivity index (χ1n) is 9.34. The molecule has 1 aliphatic carbocycles. The average Bonchev–Trinajstić information content (AvgIpc) is 3.29. The lowest BCUT2D eigenvalue weighted by molar-refractivity contribution is 0.0948. The second-order valence-electron chi connectivity index (χ2n) is 7.25. The zero-order valence-corrected chi connectivity index (χ0v) is 15.6. The van der Waals surface area contributed by atoms with E-state index < -0.39 is 0 Å². The van der Waals surface area contributed by atoms with Crippen molar-refractivity contribution < 1.29 is 4.79 Å². The minimum absolute atomic E-state index is 0.0157. The maximum atomic E-state index is 12.2. The Morgan fingerprint density at radius 1 is 1.25 bits per heavy atom. The minimum Gasteiger partial charge on any atom is -0.351 e. The molecule has 1 aliphatic heterocycles. The van der Waals surface area contributed by atoms with E-state index in [1.165, 1.54) is 32.1 Å². The molecule has 134 valence electrons. The molecule has 2 heterocycles. The number of hydrogen-bond acceptors (Lipinski definition) is 5. The second-order valence-corrected chi connectivity index (χ2v) is 8.20. The first-order valence-corrected chi connectivity index (χ1v) is 10.2. The van der Waals surface area contributed by atoms with Crippen molar-refractivity contribution in [2.24, 2.45) is 5.92 Å². The van der Waals surface area contributed by atoms with Gasteiger partial charge in [0.05, 0.1) is 6.54 Å². The largest absolute Gasteiger partial charge is 0.351 e. The Morgan fingerprint density at radius 2 is 2.04 bits per heavy atom. The number of nitrogens with zero attached hydrogens (tertiary/aromatic N) is 3. The number of piperazine rings is 1. The van der Waals surface area contributed by atoms with Crippen molar-refractivity contribution >= 4 is 17.2 Å². The number of carbonyl (C=O) groups excluding carboxylic acids is 1. The lowest BCUT2D eigenvalue weighted by Crippen LogP contribution is -2.43. The monoisotopic (exact) mass is 350 g/mol. The van der Waals surface area contributed by atoms with Crippen molar-refractivity contribution in [3.05, 3.63) is 16.1 Å². The number of amides is 1. The van der Waals surface area contributed by atoms with Crippen LogP contribution < -0.4 is 5.32 Å². The first-order chi connectivity index (χ1) is 11.7. The summed E-state index contributed by atoms with van der Waals surface area (Å²) in [7, 11) is 2.16. The SMILES string of the molecule is CN1CCN(Cc2nc(C(=O)NCCCCCC3CC3)cs2)CC1. The van der Waals surface area contributed by atoms with E-state index in [1.54, 1.807) is 11.3 Å². The third-order valence-corrected chi connectivity index (χ3v) is 5.84. The highest BCUT2D eigenvalue weighted by molar-refractivity contribution is 7.09. The lowest BCUT2D eigenvalue weighted by atomic mass is 10.1. The normalized spacial score (nSPS) is 19.5. The molecule has 1 saturated heterocycles. The van der Waals surface area contributed by atoms with Gasteiger partial charge < -0.3 is 10.2 Å². The fraction of sp³-hybridized carbons (Fsp3) is 0.778. The zero-order valence-electron chi connectivity index (χ0n) is 14.8. The quantitative estimate of drug-likeness (QED) is 0.696. The van der Waals surface area contributed by atoms with E-state index in [-0.39, 0.29) is 5.91 Å². The topological polar surface area (TPSA) is 48.5 Å². The summed E-state index contributed by atoms with van der Waals surface area (Å²) in [5, 5.41) is 5.96. The molecule has 24 heavy (non-hydrogen) atoms. The Kier molecular flexibility index (Phi) is 6.63. The van der Waals surface area contributed by atoms with Crippen LogP contribution in [0.3, 0.4) is 0 Å². The Labute approximate surface area is 149 Å². The van der Waals surface area contributed by atoms with Crippen LogP contribution >= 0.6 is 11.3 Å². The molecule has 0 radical (unpaired) electrons. The van der Waals surface area contributed by atoms with Crippen LogP contribution in [0.25, 0.3) is 0 Å². The molecule has 3 rings (SSSR count). The summed E-state index contributed by atoms with van der Waals surface area (Å²) in [6.45, 7) is 6.03. The number of unbranched alkanes of at least 4 members (excludes halogenated alkanes) is 2. The molecule has 1 aromatic rings. The van der Waals surface area contributed by atoms with Gasteiger partial charge in [-0.25, -0.2) is 4.98 Å². The summed E-state index contributed by atoms with van der Waals surface area (Å²) in [5.74, 6) is 1.01. The second kappa shape index (κ2) is 8.92. The first kappa shape index (κ1) is 17.8. The Hall–Kier alpha value is -0.980. The number of likely N-dealkylation sites (N-methyl/N-ethyl adjacent to an activating group) is 1. The molecule has 0 unspecified atom stereocenters. The highest BCUT2D eigenvalue weighted by Crippen LogP contribution is 2.33. The molecular formula is C18H30N4OS. The van der Waals surface area contributed by atoms with Gasteiger partial charge in [0.2, 0.25) is 0 Å². The van der Waals surface area contributed by atoms with E-state index in [9.17, 15) is 4.79 Å². The van der Waals surface area contributed by atoms with Gasteiger partial charge in [0.15, 0.2) is 0 Å². The van der Waals surface area contributed by atoms with Crippen LogP contribution in [0.5, 0.6) is 0 Å². The molecule has 2 fully saturated rings. The number of carbonyl (C=O) groups is 1. The molecule has 6 heteroatoms. The summed E-state index contributed by atoms with van der Waals surface area (Å²) in [4.78, 5) is 21.4. The maximum Gasteiger partial charge on any atom is 0.270 e. The van der Waals surface area contributed by atoms with Crippen LogP contribution in [-0.4, -0.2) is 60.5 Å². The summed E-state index contributed by atoms with van der Waals surface area (Å²) < 4.78 is 0.